The summed E-state index contributed by atoms with van der Waals surface area (Å²) in [5.74, 6) is 1.33. The van der Waals surface area contributed by atoms with Crippen LogP contribution in [-0.2, 0) is 11.2 Å². The quantitative estimate of drug-likeness (QED) is 0.835. The SMILES string of the molecule is COc1ccc(Cl)cc1-n1nc(CC(N)=O)nc1C(C)N1CCCCC1. The maximum Gasteiger partial charge on any atom is 0.225 e. The fourth-order valence-electron chi connectivity index (χ4n) is 3.34. The third kappa shape index (κ3) is 3.99. The van der Waals surface area contributed by atoms with Crippen LogP contribution in [0.15, 0.2) is 18.2 Å². The second-order valence-corrected chi connectivity index (χ2v) is 6.97. The molecule has 0 spiro atoms. The molecule has 0 bridgehead atoms. The summed E-state index contributed by atoms with van der Waals surface area (Å²) in [6.45, 7) is 4.15. The fourth-order valence-corrected chi connectivity index (χ4v) is 3.51. The lowest BCUT2D eigenvalue weighted by Gasteiger charge is -2.31. The number of amides is 1. The van der Waals surface area contributed by atoms with Gasteiger partial charge >= 0.3 is 0 Å². The summed E-state index contributed by atoms with van der Waals surface area (Å²) in [6.07, 6.45) is 3.60. The highest BCUT2D eigenvalue weighted by Gasteiger charge is 2.26. The Morgan fingerprint density at radius 2 is 2.08 bits per heavy atom. The molecule has 1 atom stereocenters. The number of piperidine rings is 1. The Morgan fingerprint density at radius 1 is 1.35 bits per heavy atom. The number of nitrogens with zero attached hydrogens (tertiary/aromatic N) is 4. The molecule has 1 aliphatic rings. The Bertz CT molecular complexity index is 786. The summed E-state index contributed by atoms with van der Waals surface area (Å²) in [7, 11) is 1.60. The van der Waals surface area contributed by atoms with Crippen molar-refractivity contribution in [3.8, 4) is 11.4 Å². The Hall–Kier alpha value is -2.12. The molecule has 1 saturated heterocycles. The van der Waals surface area contributed by atoms with Gasteiger partial charge in [-0.15, -0.1) is 0 Å². The summed E-state index contributed by atoms with van der Waals surface area (Å²) < 4.78 is 7.20. The number of methoxy groups -OCH3 is 1. The van der Waals surface area contributed by atoms with Crippen LogP contribution in [0.3, 0.4) is 0 Å². The number of likely N-dealkylation sites (tertiary alicyclic amines) is 1. The molecule has 2 N–H and O–H groups in total. The molecule has 8 heteroatoms. The standard InChI is InChI=1S/C18H24ClN5O2/c1-12(23-8-4-3-5-9-23)18-21-17(11-16(20)25)22-24(18)14-10-13(19)6-7-15(14)26-2/h6-7,10,12H,3-5,8-9,11H2,1-2H3,(H2,20,25). The smallest absolute Gasteiger partial charge is 0.225 e. The van der Waals surface area contributed by atoms with Gasteiger partial charge < -0.3 is 10.5 Å². The molecule has 3 rings (SSSR count). The number of carbonyl (C=O) groups is 1. The average molecular weight is 378 g/mol. The van der Waals surface area contributed by atoms with Crippen molar-refractivity contribution < 1.29 is 9.53 Å². The number of aromatic nitrogens is 3. The molecule has 2 aromatic rings. The molecule has 140 valence electrons. The van der Waals surface area contributed by atoms with Crippen LogP contribution in [0, 0.1) is 0 Å². The maximum atomic E-state index is 11.4. The Balaban J connectivity index is 2.06. The predicted octanol–water partition coefficient (Wildman–Crippen LogP) is 2.50. The van der Waals surface area contributed by atoms with Crippen molar-refractivity contribution in [1.29, 1.82) is 0 Å². The summed E-state index contributed by atoms with van der Waals surface area (Å²) in [5, 5.41) is 5.10. The summed E-state index contributed by atoms with van der Waals surface area (Å²) in [5.41, 5.74) is 6.03. The molecule has 2 heterocycles. The third-order valence-corrected chi connectivity index (χ3v) is 4.92. The molecular formula is C18H24ClN5O2. The summed E-state index contributed by atoms with van der Waals surface area (Å²) >= 11 is 6.19. The van der Waals surface area contributed by atoms with Gasteiger partial charge in [0.05, 0.1) is 19.6 Å². The Morgan fingerprint density at radius 3 is 2.73 bits per heavy atom. The predicted molar refractivity (Wildman–Crippen MR) is 99.7 cm³/mol. The molecule has 0 aliphatic carbocycles. The topological polar surface area (TPSA) is 86.3 Å². The van der Waals surface area contributed by atoms with Gasteiger partial charge in [0.15, 0.2) is 5.82 Å². The summed E-state index contributed by atoms with van der Waals surface area (Å²) in [6, 6.07) is 5.39. The molecule has 1 aromatic carbocycles. The molecule has 1 unspecified atom stereocenters. The van der Waals surface area contributed by atoms with Gasteiger partial charge in [-0.1, -0.05) is 18.0 Å². The zero-order valence-corrected chi connectivity index (χ0v) is 15.9. The van der Waals surface area contributed by atoms with Crippen molar-refractivity contribution in [1.82, 2.24) is 19.7 Å². The van der Waals surface area contributed by atoms with E-state index in [0.717, 1.165) is 18.9 Å². The molecular weight excluding hydrogens is 354 g/mol. The van der Waals surface area contributed by atoms with E-state index in [9.17, 15) is 4.79 Å². The summed E-state index contributed by atoms with van der Waals surface area (Å²) in [4.78, 5) is 18.4. The van der Waals surface area contributed by atoms with Crippen molar-refractivity contribution in [2.45, 2.75) is 38.6 Å². The highest BCUT2D eigenvalue weighted by atomic mass is 35.5. The van der Waals surface area contributed by atoms with E-state index >= 15 is 0 Å². The van der Waals surface area contributed by atoms with Crippen LogP contribution < -0.4 is 10.5 Å². The van der Waals surface area contributed by atoms with Gasteiger partial charge in [-0.05, 0) is 51.1 Å². The first kappa shape index (κ1) is 18.7. The average Bonchev–Trinajstić information content (AvgIpc) is 3.04. The van der Waals surface area contributed by atoms with E-state index in [2.05, 4.69) is 21.9 Å². The van der Waals surface area contributed by atoms with E-state index in [1.54, 1.807) is 30.0 Å². The van der Waals surface area contributed by atoms with Crippen LogP contribution >= 0.6 is 11.6 Å². The zero-order valence-electron chi connectivity index (χ0n) is 15.1. The molecule has 0 radical (unpaired) electrons. The number of primary amides is 1. The van der Waals surface area contributed by atoms with E-state index in [1.165, 1.54) is 19.3 Å². The molecule has 1 aromatic heterocycles. The number of hydrogen-bond acceptors (Lipinski definition) is 5. The molecule has 1 fully saturated rings. The highest BCUT2D eigenvalue weighted by Crippen LogP contribution is 2.30. The second kappa shape index (κ2) is 8.05. The minimum absolute atomic E-state index is 0.00436. The first-order valence-corrected chi connectivity index (χ1v) is 9.19. The number of hydrogen-bond donors (Lipinski definition) is 1. The first-order chi connectivity index (χ1) is 12.5. The van der Waals surface area contributed by atoms with E-state index in [1.807, 2.05) is 0 Å². The van der Waals surface area contributed by atoms with Crippen LogP contribution in [0.5, 0.6) is 5.75 Å². The monoisotopic (exact) mass is 377 g/mol. The second-order valence-electron chi connectivity index (χ2n) is 6.53. The third-order valence-electron chi connectivity index (χ3n) is 4.69. The fraction of sp³-hybridized carbons (Fsp3) is 0.500. The van der Waals surface area contributed by atoms with Gasteiger partial charge in [-0.3, -0.25) is 9.69 Å². The van der Waals surface area contributed by atoms with Gasteiger partial charge in [0.2, 0.25) is 5.91 Å². The number of benzene rings is 1. The lowest BCUT2D eigenvalue weighted by Crippen LogP contribution is -2.33. The highest BCUT2D eigenvalue weighted by molar-refractivity contribution is 6.30. The minimum atomic E-state index is -0.461. The van der Waals surface area contributed by atoms with Crippen LogP contribution in [-0.4, -0.2) is 45.8 Å². The first-order valence-electron chi connectivity index (χ1n) is 8.81. The molecule has 1 amide bonds. The van der Waals surface area contributed by atoms with Crippen LogP contribution in [0.4, 0.5) is 0 Å². The lowest BCUT2D eigenvalue weighted by molar-refractivity contribution is -0.117. The van der Waals surface area contributed by atoms with Crippen LogP contribution in [0.2, 0.25) is 5.02 Å². The number of halogens is 1. The van der Waals surface area contributed by atoms with E-state index in [4.69, 9.17) is 22.1 Å². The number of carbonyl (C=O) groups excluding carboxylic acids is 1. The molecule has 26 heavy (non-hydrogen) atoms. The van der Waals surface area contributed by atoms with Crippen molar-refractivity contribution >= 4 is 17.5 Å². The molecule has 7 nitrogen and oxygen atoms in total. The van der Waals surface area contributed by atoms with Crippen molar-refractivity contribution in [3.05, 3.63) is 34.9 Å². The van der Waals surface area contributed by atoms with Gasteiger partial charge in [-0.25, -0.2) is 9.67 Å². The zero-order chi connectivity index (χ0) is 18.7. The lowest BCUT2D eigenvalue weighted by atomic mass is 10.1. The van der Waals surface area contributed by atoms with Crippen molar-refractivity contribution in [3.63, 3.8) is 0 Å². The van der Waals surface area contributed by atoms with Gasteiger partial charge in [0.1, 0.15) is 17.3 Å². The van der Waals surface area contributed by atoms with Gasteiger partial charge in [-0.2, -0.15) is 5.10 Å². The number of nitrogens with two attached hydrogens (primary N) is 1. The largest absolute Gasteiger partial charge is 0.494 e. The number of ether oxygens (including phenoxy) is 1. The van der Waals surface area contributed by atoms with E-state index < -0.39 is 5.91 Å². The Kier molecular flexibility index (Phi) is 5.78. The normalized spacial score (nSPS) is 16.4. The van der Waals surface area contributed by atoms with Crippen molar-refractivity contribution in [2.75, 3.05) is 20.2 Å². The van der Waals surface area contributed by atoms with Gasteiger partial charge in [0, 0.05) is 5.02 Å². The van der Waals surface area contributed by atoms with E-state index in [0.29, 0.717) is 22.3 Å². The number of rotatable bonds is 6. The maximum absolute atomic E-state index is 11.4. The van der Waals surface area contributed by atoms with Crippen molar-refractivity contribution in [2.24, 2.45) is 5.73 Å². The van der Waals surface area contributed by atoms with E-state index in [-0.39, 0.29) is 12.5 Å². The Labute approximate surface area is 158 Å². The minimum Gasteiger partial charge on any atom is -0.494 e. The van der Waals surface area contributed by atoms with Crippen LogP contribution in [0.25, 0.3) is 5.69 Å². The van der Waals surface area contributed by atoms with Crippen LogP contribution in [0.1, 0.15) is 43.9 Å². The van der Waals surface area contributed by atoms with Gasteiger partial charge in [0.25, 0.3) is 0 Å². The molecule has 0 saturated carbocycles. The molecule has 1 aliphatic heterocycles.